The fourth-order valence-corrected chi connectivity index (χ4v) is 2.11. The van der Waals surface area contributed by atoms with E-state index in [0.717, 1.165) is 0 Å². The molecule has 18 heavy (non-hydrogen) atoms. The van der Waals surface area contributed by atoms with Crippen LogP contribution in [0.5, 0.6) is 0 Å². The molecule has 1 aliphatic rings. The van der Waals surface area contributed by atoms with E-state index in [0.29, 0.717) is 22.6 Å². The van der Waals surface area contributed by atoms with Crippen molar-refractivity contribution in [3.8, 4) is 11.3 Å². The van der Waals surface area contributed by atoms with Crippen molar-refractivity contribution in [2.45, 2.75) is 12.8 Å². The smallest absolute Gasteiger partial charge is 0.231 e. The molecule has 0 bridgehead atoms. The maximum absolute atomic E-state index is 13.9. The van der Waals surface area contributed by atoms with Crippen LogP contribution in [-0.4, -0.2) is 16.1 Å². The molecule has 0 saturated heterocycles. The van der Waals surface area contributed by atoms with E-state index in [-0.39, 0.29) is 17.5 Å². The Kier molecular flexibility index (Phi) is 2.13. The first kappa shape index (κ1) is 10.8. The van der Waals surface area contributed by atoms with E-state index in [1.807, 2.05) is 0 Å². The summed E-state index contributed by atoms with van der Waals surface area (Å²) in [5.74, 6) is -0.651. The van der Waals surface area contributed by atoms with E-state index in [4.69, 9.17) is 5.73 Å². The van der Waals surface area contributed by atoms with Gasteiger partial charge < -0.3 is 11.1 Å². The molecule has 0 radical (unpaired) electrons. The summed E-state index contributed by atoms with van der Waals surface area (Å²) < 4.78 is 13.9. The molecule has 2 heterocycles. The lowest BCUT2D eigenvalue weighted by Crippen LogP contribution is -2.08. The molecular weight excluding hydrogens is 235 g/mol. The first-order valence-corrected chi connectivity index (χ1v) is 5.52. The molecule has 0 aliphatic carbocycles. The van der Waals surface area contributed by atoms with Crippen LogP contribution in [0.2, 0.25) is 0 Å². The average Bonchev–Trinajstić information content (AvgIpc) is 2.87. The maximum atomic E-state index is 13.9. The molecule has 3 rings (SSSR count). The van der Waals surface area contributed by atoms with Gasteiger partial charge in [0.2, 0.25) is 5.91 Å². The second kappa shape index (κ2) is 3.56. The average molecular weight is 246 g/mol. The van der Waals surface area contributed by atoms with Crippen LogP contribution >= 0.6 is 0 Å². The Balaban J connectivity index is 2.15. The van der Waals surface area contributed by atoms with Crippen LogP contribution in [0.15, 0.2) is 18.2 Å². The van der Waals surface area contributed by atoms with Crippen molar-refractivity contribution in [2.24, 2.45) is 0 Å². The third kappa shape index (κ3) is 1.46. The van der Waals surface area contributed by atoms with Gasteiger partial charge in [0.05, 0.1) is 17.3 Å². The second-order valence-corrected chi connectivity index (χ2v) is 4.34. The molecule has 1 aromatic heterocycles. The van der Waals surface area contributed by atoms with Crippen molar-refractivity contribution >= 4 is 17.4 Å². The first-order chi connectivity index (χ1) is 8.56. The minimum Gasteiger partial charge on any atom is -0.382 e. The third-order valence-corrected chi connectivity index (χ3v) is 3.14. The zero-order valence-electron chi connectivity index (χ0n) is 9.62. The van der Waals surface area contributed by atoms with Gasteiger partial charge in [-0.1, -0.05) is 0 Å². The zero-order valence-corrected chi connectivity index (χ0v) is 9.62. The largest absolute Gasteiger partial charge is 0.382 e. The zero-order chi connectivity index (χ0) is 12.9. The third-order valence-electron chi connectivity index (χ3n) is 3.14. The summed E-state index contributed by atoms with van der Waals surface area (Å²) in [6, 6.07) is 4.74. The van der Waals surface area contributed by atoms with Crippen LogP contribution in [0, 0.1) is 5.82 Å². The van der Waals surface area contributed by atoms with Crippen LogP contribution < -0.4 is 11.1 Å². The van der Waals surface area contributed by atoms with E-state index in [9.17, 15) is 9.18 Å². The highest BCUT2D eigenvalue weighted by molar-refractivity contribution is 6.03. The Morgan fingerprint density at radius 1 is 1.39 bits per heavy atom. The lowest BCUT2D eigenvalue weighted by Gasteiger charge is -2.05. The Morgan fingerprint density at radius 3 is 2.83 bits per heavy atom. The fourth-order valence-electron chi connectivity index (χ4n) is 2.11. The van der Waals surface area contributed by atoms with Gasteiger partial charge in [-0.2, -0.15) is 5.10 Å². The topological polar surface area (TPSA) is 83.8 Å². The molecule has 5 nitrogen and oxygen atoms in total. The lowest BCUT2D eigenvalue weighted by molar-refractivity contribution is -0.116. The number of nitrogen functional groups attached to an aromatic ring is 1. The number of carbonyl (C=O) groups excluding carboxylic acids is 1. The van der Waals surface area contributed by atoms with E-state index in [2.05, 4.69) is 15.5 Å². The molecule has 1 amide bonds. The number of anilines is 2. The number of hydrogen-bond acceptors (Lipinski definition) is 3. The number of nitrogens with zero attached hydrogens (tertiary/aromatic N) is 1. The number of benzene rings is 1. The van der Waals surface area contributed by atoms with Gasteiger partial charge in [-0.15, -0.1) is 0 Å². The Bertz CT molecular complexity index is 650. The van der Waals surface area contributed by atoms with Crippen molar-refractivity contribution in [2.75, 3.05) is 11.1 Å². The standard InChI is InChI=1S/C12H11FN4O/c1-5-7-2-6(9-4-10(14)17-16-9)3-8(13)11(7)15-12(5)18/h2-5H,1H3,(H,15,18)(H3,14,16,17). The van der Waals surface area contributed by atoms with E-state index in [1.54, 1.807) is 19.1 Å². The number of H-pyrrole nitrogens is 1. The molecule has 0 fully saturated rings. The minimum absolute atomic E-state index is 0.190. The molecular formula is C12H11FN4O. The summed E-state index contributed by atoms with van der Waals surface area (Å²) in [5, 5.41) is 9.05. The van der Waals surface area contributed by atoms with Gasteiger partial charge in [-0.25, -0.2) is 4.39 Å². The fraction of sp³-hybridized carbons (Fsp3) is 0.167. The van der Waals surface area contributed by atoms with Gasteiger partial charge in [0, 0.05) is 11.6 Å². The molecule has 1 aliphatic heterocycles. The summed E-state index contributed by atoms with van der Waals surface area (Å²) in [5.41, 5.74) is 7.69. The molecule has 1 unspecified atom stereocenters. The van der Waals surface area contributed by atoms with Crippen molar-refractivity contribution in [1.29, 1.82) is 0 Å². The van der Waals surface area contributed by atoms with Gasteiger partial charge in [0.1, 0.15) is 11.6 Å². The molecule has 1 atom stereocenters. The SMILES string of the molecule is CC1C(=O)Nc2c(F)cc(-c3cc(N)n[nH]3)cc21. The van der Waals surface area contributed by atoms with Gasteiger partial charge in [-0.3, -0.25) is 9.89 Å². The highest BCUT2D eigenvalue weighted by Gasteiger charge is 2.29. The van der Waals surface area contributed by atoms with E-state index < -0.39 is 5.82 Å². The summed E-state index contributed by atoms with van der Waals surface area (Å²) in [6.45, 7) is 1.74. The number of carbonyl (C=O) groups is 1. The molecule has 4 N–H and O–H groups in total. The van der Waals surface area contributed by atoms with Crippen molar-refractivity contribution in [1.82, 2.24) is 10.2 Å². The number of nitrogens with two attached hydrogens (primary N) is 1. The molecule has 1 aromatic carbocycles. The minimum atomic E-state index is -0.451. The van der Waals surface area contributed by atoms with Crippen molar-refractivity contribution < 1.29 is 9.18 Å². The molecule has 0 saturated carbocycles. The summed E-state index contributed by atoms with van der Waals surface area (Å²) in [7, 11) is 0. The van der Waals surface area contributed by atoms with Crippen LogP contribution in [0.3, 0.4) is 0 Å². The molecule has 0 spiro atoms. The number of rotatable bonds is 1. The van der Waals surface area contributed by atoms with Crippen molar-refractivity contribution in [3.63, 3.8) is 0 Å². The van der Waals surface area contributed by atoms with E-state index >= 15 is 0 Å². The number of amides is 1. The summed E-state index contributed by atoms with van der Waals surface area (Å²) in [4.78, 5) is 11.5. The monoisotopic (exact) mass is 246 g/mol. The van der Waals surface area contributed by atoms with Gasteiger partial charge in [0.15, 0.2) is 0 Å². The Hall–Kier alpha value is -2.37. The predicted octanol–water partition coefficient (Wildman–Crippen LogP) is 1.85. The molecule has 92 valence electrons. The highest BCUT2D eigenvalue weighted by Crippen LogP contribution is 2.37. The summed E-state index contributed by atoms with van der Waals surface area (Å²) in [6.07, 6.45) is 0. The second-order valence-electron chi connectivity index (χ2n) is 4.34. The van der Waals surface area contributed by atoms with Crippen LogP contribution in [0.1, 0.15) is 18.4 Å². The number of aromatic amines is 1. The van der Waals surface area contributed by atoms with Gasteiger partial charge in [0.25, 0.3) is 0 Å². The number of hydrogen-bond donors (Lipinski definition) is 3. The van der Waals surface area contributed by atoms with Gasteiger partial charge in [-0.05, 0) is 24.6 Å². The number of aromatic nitrogens is 2. The number of nitrogens with one attached hydrogen (secondary N) is 2. The van der Waals surface area contributed by atoms with Crippen LogP contribution in [-0.2, 0) is 4.79 Å². The highest BCUT2D eigenvalue weighted by atomic mass is 19.1. The molecule has 2 aromatic rings. The Morgan fingerprint density at radius 2 is 2.17 bits per heavy atom. The molecule has 6 heteroatoms. The van der Waals surface area contributed by atoms with Gasteiger partial charge >= 0.3 is 0 Å². The number of fused-ring (bicyclic) bond motifs is 1. The predicted molar refractivity (Wildman–Crippen MR) is 65.4 cm³/mol. The Labute approximate surface area is 102 Å². The normalized spacial score (nSPS) is 17.7. The quantitative estimate of drug-likeness (QED) is 0.718. The summed E-state index contributed by atoms with van der Waals surface area (Å²) >= 11 is 0. The van der Waals surface area contributed by atoms with Crippen LogP contribution in [0.4, 0.5) is 15.9 Å². The maximum Gasteiger partial charge on any atom is 0.231 e. The van der Waals surface area contributed by atoms with Crippen LogP contribution in [0.25, 0.3) is 11.3 Å². The number of halogens is 1. The van der Waals surface area contributed by atoms with Crippen molar-refractivity contribution in [3.05, 3.63) is 29.6 Å². The first-order valence-electron chi connectivity index (χ1n) is 5.52. The lowest BCUT2D eigenvalue weighted by atomic mass is 9.99. The van der Waals surface area contributed by atoms with E-state index in [1.165, 1.54) is 6.07 Å².